The zero-order valence-corrected chi connectivity index (χ0v) is 10.1. The van der Waals surface area contributed by atoms with Crippen LogP contribution in [0.3, 0.4) is 0 Å². The number of carbonyl (C=O) groups is 1. The summed E-state index contributed by atoms with van der Waals surface area (Å²) in [6.07, 6.45) is 0. The van der Waals surface area contributed by atoms with Crippen LogP contribution in [-0.4, -0.2) is 6.47 Å². The van der Waals surface area contributed by atoms with Gasteiger partial charge in [-0.2, -0.15) is 0 Å². The van der Waals surface area contributed by atoms with Crippen LogP contribution < -0.4 is 17.6 Å². The van der Waals surface area contributed by atoms with Crippen LogP contribution in [-0.2, 0) is 53.2 Å². The Bertz CT molecular complexity index is 118. The van der Waals surface area contributed by atoms with Crippen molar-refractivity contribution in [3.8, 4) is 0 Å². The number of rotatable bonds is 11. The van der Waals surface area contributed by atoms with Crippen molar-refractivity contribution >= 4 is 25.1 Å². The van der Waals surface area contributed by atoms with Crippen molar-refractivity contribution in [1.82, 2.24) is 0 Å². The SMILES string of the molecule is O=COOOOOOOOOO[I-]I. The van der Waals surface area contributed by atoms with Gasteiger partial charge in [-0.3, -0.25) is 0 Å². The minimum absolute atomic E-state index is 0.0812. The Kier molecular flexibility index (Phi) is 14.1. The Labute approximate surface area is 95.6 Å². The van der Waals surface area contributed by atoms with Crippen molar-refractivity contribution in [1.29, 1.82) is 0 Å². The fourth-order valence-electron chi connectivity index (χ4n) is 0.120. The molecule has 86 valence electrons. The zero-order valence-electron chi connectivity index (χ0n) is 5.82. The molecule has 0 atom stereocenters. The van der Waals surface area contributed by atoms with Crippen molar-refractivity contribution in [3.63, 3.8) is 0 Å². The van der Waals surface area contributed by atoms with Gasteiger partial charge in [-0.1, -0.05) is 0 Å². The van der Waals surface area contributed by atoms with E-state index in [2.05, 4.69) is 48.4 Å². The van der Waals surface area contributed by atoms with E-state index in [0.29, 0.717) is 0 Å². The fourth-order valence-corrected chi connectivity index (χ4v) is 0.608. The van der Waals surface area contributed by atoms with E-state index >= 15 is 0 Å². The third kappa shape index (κ3) is 12.6. The summed E-state index contributed by atoms with van der Waals surface area (Å²) in [6, 6.07) is 0. The second kappa shape index (κ2) is 13.6. The van der Waals surface area contributed by atoms with E-state index in [0.717, 1.165) is 0 Å². The third-order valence-corrected chi connectivity index (χ3v) is 1.52. The van der Waals surface area contributed by atoms with Crippen molar-refractivity contribution < 1.29 is 70.9 Å². The van der Waals surface area contributed by atoms with Crippen LogP contribution in [0.1, 0.15) is 0 Å². The predicted molar refractivity (Wildman–Crippen MR) is 30.9 cm³/mol. The molecular formula is CHI2O11-. The van der Waals surface area contributed by atoms with Gasteiger partial charge in [0.1, 0.15) is 0 Å². The molecule has 0 aliphatic rings. The summed E-state index contributed by atoms with van der Waals surface area (Å²) in [5.74, 6) is 0. The molecule has 0 unspecified atom stereocenters. The molecule has 0 fully saturated rings. The molecule has 0 saturated heterocycles. The molecule has 0 saturated carbocycles. The minimum atomic E-state index is -0.608. The van der Waals surface area contributed by atoms with E-state index in [1.165, 1.54) is 0 Å². The van der Waals surface area contributed by atoms with E-state index in [9.17, 15) is 4.79 Å². The Hall–Kier alpha value is 0.570. The van der Waals surface area contributed by atoms with Crippen LogP contribution in [0.2, 0.25) is 0 Å². The van der Waals surface area contributed by atoms with Crippen LogP contribution in [0.15, 0.2) is 0 Å². The first-order valence-electron chi connectivity index (χ1n) is 2.27. The summed E-state index contributed by atoms with van der Waals surface area (Å²) in [4.78, 5) is 12.9. The summed E-state index contributed by atoms with van der Waals surface area (Å²) in [7, 11) is 0. The molecule has 0 aliphatic heterocycles. The second-order valence-corrected chi connectivity index (χ2v) is 3.78. The van der Waals surface area contributed by atoms with Gasteiger partial charge in [0.25, 0.3) is 0 Å². The first-order valence-corrected chi connectivity index (χ1v) is 9.44. The number of halogens is 2. The Morgan fingerprint density at radius 3 is 1.86 bits per heavy atom. The van der Waals surface area contributed by atoms with Crippen molar-refractivity contribution in [2.45, 2.75) is 0 Å². The van der Waals surface area contributed by atoms with Crippen LogP contribution in [0.4, 0.5) is 0 Å². The van der Waals surface area contributed by atoms with Crippen LogP contribution in [0.5, 0.6) is 0 Å². The van der Waals surface area contributed by atoms with Gasteiger partial charge < -0.3 is 0 Å². The molecule has 11 nitrogen and oxygen atoms in total. The molecule has 14 heavy (non-hydrogen) atoms. The molecular weight excluding hydrogens is 442 g/mol. The summed E-state index contributed by atoms with van der Waals surface area (Å²) >= 11 is 1.32. The van der Waals surface area contributed by atoms with Gasteiger partial charge in [0.15, 0.2) is 0 Å². The molecule has 0 bridgehead atoms. The maximum atomic E-state index is 9.41. The van der Waals surface area contributed by atoms with Crippen molar-refractivity contribution in [2.75, 3.05) is 0 Å². The molecule has 0 heterocycles. The van der Waals surface area contributed by atoms with E-state index in [4.69, 9.17) is 0 Å². The molecule has 0 N–H and O–H groups in total. The van der Waals surface area contributed by atoms with Gasteiger partial charge in [0, 0.05) is 0 Å². The number of carbonyl (C=O) groups excluding carboxylic acids is 1. The quantitative estimate of drug-likeness (QED) is 0.107. The number of hydrogen-bond donors (Lipinski definition) is 0. The van der Waals surface area contributed by atoms with Gasteiger partial charge in [-0.05, 0) is 0 Å². The zero-order chi connectivity index (χ0) is 10.5. The summed E-state index contributed by atoms with van der Waals surface area (Å²) < 4.78 is 4.25. The standard InChI is InChI=1S/CHI2O11/c2-3-6-8-10-12-14-13-11-9-7-5-1-4/h1H/q-1. The third-order valence-electron chi connectivity index (χ3n) is 0.323. The van der Waals surface area contributed by atoms with E-state index in [1.807, 2.05) is 18.6 Å². The topological polar surface area (TPSA) is 109 Å². The average molecular weight is 443 g/mol. The molecule has 0 amide bonds. The molecule has 0 radical (unpaired) electrons. The maximum absolute atomic E-state index is 9.41. The Morgan fingerprint density at radius 1 is 0.857 bits per heavy atom. The van der Waals surface area contributed by atoms with E-state index in [1.54, 1.807) is 0 Å². The summed E-state index contributed by atoms with van der Waals surface area (Å²) in [5.41, 5.74) is 0. The van der Waals surface area contributed by atoms with Gasteiger partial charge in [0.05, 0.1) is 0 Å². The predicted octanol–water partition coefficient (Wildman–Crippen LogP) is -3.10. The summed E-state index contributed by atoms with van der Waals surface area (Å²) in [5, 5.41) is 28.8. The first kappa shape index (κ1) is 14.6. The van der Waals surface area contributed by atoms with Gasteiger partial charge in [0.2, 0.25) is 0 Å². The van der Waals surface area contributed by atoms with E-state index < -0.39 is 17.6 Å². The Balaban J connectivity index is 2.81. The fraction of sp³-hybridized carbons (Fsp3) is 0. The van der Waals surface area contributed by atoms with E-state index in [-0.39, 0.29) is 6.47 Å². The van der Waals surface area contributed by atoms with Crippen LogP contribution >= 0.6 is 18.6 Å². The normalized spacial score (nSPS) is 10.4. The molecule has 0 aromatic carbocycles. The first-order chi connectivity index (χ1) is 6.91. The number of hydrogen-bond acceptors (Lipinski definition) is 11. The molecule has 0 aromatic heterocycles. The van der Waals surface area contributed by atoms with Crippen LogP contribution in [0.25, 0.3) is 0 Å². The monoisotopic (exact) mass is 443 g/mol. The van der Waals surface area contributed by atoms with Gasteiger partial charge in [-0.15, -0.1) is 0 Å². The van der Waals surface area contributed by atoms with Crippen molar-refractivity contribution in [3.05, 3.63) is 0 Å². The summed E-state index contributed by atoms with van der Waals surface area (Å²) in [6.45, 7) is -0.0812. The van der Waals surface area contributed by atoms with Crippen LogP contribution in [0, 0.1) is 0 Å². The molecule has 0 aliphatic carbocycles. The molecule has 0 rings (SSSR count). The molecule has 13 heteroatoms. The van der Waals surface area contributed by atoms with Crippen molar-refractivity contribution in [2.24, 2.45) is 0 Å². The Morgan fingerprint density at radius 2 is 1.36 bits per heavy atom. The molecule has 0 aromatic rings. The van der Waals surface area contributed by atoms with Gasteiger partial charge >= 0.3 is 95.9 Å². The second-order valence-electron chi connectivity index (χ2n) is 0.858. The van der Waals surface area contributed by atoms with Gasteiger partial charge in [-0.25, -0.2) is 0 Å². The molecule has 0 spiro atoms. The average Bonchev–Trinajstić information content (AvgIpc) is 2.21.